The predicted molar refractivity (Wildman–Crippen MR) is 76.3 cm³/mol. The molecular weight excluding hydrogens is 287 g/mol. The number of halogens is 2. The Balaban J connectivity index is 2.50. The first-order valence-electron chi connectivity index (χ1n) is 5.78. The molecule has 6 heteroatoms. The number of aromatic nitrogens is 2. The van der Waals surface area contributed by atoms with Gasteiger partial charge in [0, 0.05) is 27.4 Å². The summed E-state index contributed by atoms with van der Waals surface area (Å²) >= 11 is 12.1. The number of nitrogens with one attached hydrogen (secondary N) is 1. The quantitative estimate of drug-likeness (QED) is 0.946. The van der Waals surface area contributed by atoms with Crippen molar-refractivity contribution in [2.45, 2.75) is 19.9 Å². The molecule has 0 aliphatic rings. The summed E-state index contributed by atoms with van der Waals surface area (Å²) in [6, 6.07) is 5.15. The standard InChI is InChI=1S/C13H12Cl2N2O2/c1-2-8-6-17(13(19)16-12(8)18)7-9-10(14)4-3-5-11(9)15/h3-6H,2,7H2,1H3,(H,16,18,19). The molecule has 19 heavy (non-hydrogen) atoms. The Morgan fingerprint density at radius 1 is 1.21 bits per heavy atom. The van der Waals surface area contributed by atoms with Gasteiger partial charge in [-0.05, 0) is 18.6 Å². The second-order valence-electron chi connectivity index (χ2n) is 4.10. The lowest BCUT2D eigenvalue weighted by atomic mass is 10.2. The largest absolute Gasteiger partial charge is 0.328 e. The average Bonchev–Trinajstić information content (AvgIpc) is 2.36. The highest BCUT2D eigenvalue weighted by Gasteiger charge is 2.09. The molecule has 0 atom stereocenters. The van der Waals surface area contributed by atoms with E-state index in [0.29, 0.717) is 27.6 Å². The Bertz CT molecular complexity index is 699. The van der Waals surface area contributed by atoms with Crippen LogP contribution in [0.4, 0.5) is 0 Å². The topological polar surface area (TPSA) is 54.9 Å². The summed E-state index contributed by atoms with van der Waals surface area (Å²) in [5.74, 6) is 0. The highest BCUT2D eigenvalue weighted by atomic mass is 35.5. The lowest BCUT2D eigenvalue weighted by Gasteiger charge is -2.10. The molecule has 0 radical (unpaired) electrons. The zero-order valence-electron chi connectivity index (χ0n) is 10.2. The van der Waals surface area contributed by atoms with Gasteiger partial charge in [-0.1, -0.05) is 36.2 Å². The number of H-pyrrole nitrogens is 1. The highest BCUT2D eigenvalue weighted by Crippen LogP contribution is 2.24. The average molecular weight is 299 g/mol. The van der Waals surface area contributed by atoms with E-state index in [1.165, 1.54) is 4.57 Å². The molecule has 0 aliphatic carbocycles. The van der Waals surface area contributed by atoms with Gasteiger partial charge in [-0.2, -0.15) is 0 Å². The Hall–Kier alpha value is -1.52. The number of nitrogens with zero attached hydrogens (tertiary/aromatic N) is 1. The van der Waals surface area contributed by atoms with E-state index in [2.05, 4.69) is 4.98 Å². The molecule has 1 aromatic heterocycles. The van der Waals surface area contributed by atoms with Gasteiger partial charge in [0.25, 0.3) is 5.56 Å². The van der Waals surface area contributed by atoms with E-state index in [1.54, 1.807) is 24.4 Å². The van der Waals surface area contributed by atoms with Crippen molar-refractivity contribution in [1.82, 2.24) is 9.55 Å². The van der Waals surface area contributed by atoms with Crippen LogP contribution >= 0.6 is 23.2 Å². The summed E-state index contributed by atoms with van der Waals surface area (Å²) in [5, 5.41) is 0.979. The number of aryl methyl sites for hydroxylation is 1. The number of aromatic amines is 1. The van der Waals surface area contributed by atoms with E-state index in [0.717, 1.165) is 0 Å². The van der Waals surface area contributed by atoms with Gasteiger partial charge in [0.1, 0.15) is 0 Å². The molecule has 2 rings (SSSR count). The van der Waals surface area contributed by atoms with Gasteiger partial charge in [-0.15, -0.1) is 0 Å². The Kier molecular flexibility index (Phi) is 4.12. The molecule has 0 unspecified atom stereocenters. The van der Waals surface area contributed by atoms with Crippen LogP contribution in [0.5, 0.6) is 0 Å². The Labute approximate surface area is 119 Å². The van der Waals surface area contributed by atoms with Crippen molar-refractivity contribution >= 4 is 23.2 Å². The lowest BCUT2D eigenvalue weighted by Crippen LogP contribution is -2.32. The second kappa shape index (κ2) is 5.63. The van der Waals surface area contributed by atoms with Crippen LogP contribution in [-0.2, 0) is 13.0 Å². The third-order valence-electron chi connectivity index (χ3n) is 2.86. The summed E-state index contributed by atoms with van der Waals surface area (Å²) in [6.45, 7) is 2.07. The maximum atomic E-state index is 11.8. The van der Waals surface area contributed by atoms with Crippen LogP contribution in [0.25, 0.3) is 0 Å². The van der Waals surface area contributed by atoms with Gasteiger partial charge in [0.2, 0.25) is 0 Å². The highest BCUT2D eigenvalue weighted by molar-refractivity contribution is 6.35. The van der Waals surface area contributed by atoms with Gasteiger partial charge in [0.15, 0.2) is 0 Å². The van der Waals surface area contributed by atoms with E-state index in [9.17, 15) is 9.59 Å². The summed E-state index contributed by atoms with van der Waals surface area (Å²) in [7, 11) is 0. The number of hydrogen-bond acceptors (Lipinski definition) is 2. The van der Waals surface area contributed by atoms with Crippen LogP contribution in [0.3, 0.4) is 0 Å². The minimum absolute atomic E-state index is 0.223. The molecule has 0 amide bonds. The Morgan fingerprint density at radius 3 is 2.42 bits per heavy atom. The van der Waals surface area contributed by atoms with Crippen molar-refractivity contribution in [3.05, 3.63) is 66.4 Å². The maximum Gasteiger partial charge on any atom is 0.328 e. The molecule has 1 aromatic carbocycles. The molecule has 0 spiro atoms. The minimum Gasteiger partial charge on any atom is -0.296 e. The van der Waals surface area contributed by atoms with E-state index in [-0.39, 0.29) is 12.1 Å². The monoisotopic (exact) mass is 298 g/mol. The zero-order chi connectivity index (χ0) is 14.0. The van der Waals surface area contributed by atoms with Crippen molar-refractivity contribution in [2.24, 2.45) is 0 Å². The van der Waals surface area contributed by atoms with Crippen molar-refractivity contribution in [3.63, 3.8) is 0 Å². The molecule has 4 nitrogen and oxygen atoms in total. The third kappa shape index (κ3) is 2.91. The zero-order valence-corrected chi connectivity index (χ0v) is 11.8. The molecule has 1 N–H and O–H groups in total. The smallest absolute Gasteiger partial charge is 0.296 e. The SMILES string of the molecule is CCc1cn(Cc2c(Cl)cccc2Cl)c(=O)[nH]c1=O. The van der Waals surface area contributed by atoms with Gasteiger partial charge >= 0.3 is 5.69 Å². The normalized spacial score (nSPS) is 10.7. The van der Waals surface area contributed by atoms with Crippen LogP contribution in [-0.4, -0.2) is 9.55 Å². The first kappa shape index (κ1) is 13.9. The Morgan fingerprint density at radius 2 is 1.84 bits per heavy atom. The molecule has 0 bridgehead atoms. The van der Waals surface area contributed by atoms with Crippen molar-refractivity contribution in [1.29, 1.82) is 0 Å². The van der Waals surface area contributed by atoms with E-state index >= 15 is 0 Å². The summed E-state index contributed by atoms with van der Waals surface area (Å²) < 4.78 is 1.40. The van der Waals surface area contributed by atoms with Crippen LogP contribution in [0.2, 0.25) is 10.0 Å². The maximum absolute atomic E-state index is 11.8. The van der Waals surface area contributed by atoms with Gasteiger partial charge < -0.3 is 0 Å². The fraction of sp³-hybridized carbons (Fsp3) is 0.231. The summed E-state index contributed by atoms with van der Waals surface area (Å²) in [6.07, 6.45) is 2.09. The molecule has 0 saturated heterocycles. The molecule has 1 heterocycles. The van der Waals surface area contributed by atoms with E-state index in [4.69, 9.17) is 23.2 Å². The van der Waals surface area contributed by atoms with Crippen molar-refractivity contribution in [3.8, 4) is 0 Å². The third-order valence-corrected chi connectivity index (χ3v) is 3.56. The molecule has 100 valence electrons. The fourth-order valence-electron chi connectivity index (χ4n) is 1.78. The molecule has 0 fully saturated rings. The van der Waals surface area contributed by atoms with Crippen LogP contribution in [0, 0.1) is 0 Å². The van der Waals surface area contributed by atoms with Crippen LogP contribution < -0.4 is 11.2 Å². The van der Waals surface area contributed by atoms with Crippen molar-refractivity contribution < 1.29 is 0 Å². The van der Waals surface area contributed by atoms with Crippen LogP contribution in [0.15, 0.2) is 34.0 Å². The summed E-state index contributed by atoms with van der Waals surface area (Å²) in [5.41, 5.74) is 0.372. The first-order valence-corrected chi connectivity index (χ1v) is 6.54. The summed E-state index contributed by atoms with van der Waals surface area (Å²) in [4.78, 5) is 25.5. The number of rotatable bonds is 3. The van der Waals surface area contributed by atoms with E-state index in [1.807, 2.05) is 6.92 Å². The van der Waals surface area contributed by atoms with E-state index < -0.39 is 5.69 Å². The molecule has 2 aromatic rings. The molecular formula is C13H12Cl2N2O2. The number of hydrogen-bond donors (Lipinski definition) is 1. The molecule has 0 saturated carbocycles. The predicted octanol–water partition coefficient (Wildman–Crippen LogP) is 2.45. The van der Waals surface area contributed by atoms with Gasteiger partial charge in [-0.3, -0.25) is 14.3 Å². The lowest BCUT2D eigenvalue weighted by molar-refractivity contribution is 0.708. The number of benzene rings is 1. The first-order chi connectivity index (χ1) is 9.02. The van der Waals surface area contributed by atoms with Crippen molar-refractivity contribution in [2.75, 3.05) is 0 Å². The van der Waals surface area contributed by atoms with Gasteiger partial charge in [0.05, 0.1) is 6.54 Å². The fourth-order valence-corrected chi connectivity index (χ4v) is 2.29. The van der Waals surface area contributed by atoms with Gasteiger partial charge in [-0.25, -0.2) is 4.79 Å². The molecule has 0 aliphatic heterocycles. The second-order valence-corrected chi connectivity index (χ2v) is 4.91. The van der Waals surface area contributed by atoms with Crippen LogP contribution in [0.1, 0.15) is 18.1 Å². The minimum atomic E-state index is -0.474.